The molecule has 8 nitrogen and oxygen atoms in total. The van der Waals surface area contributed by atoms with Gasteiger partial charge in [-0.15, -0.1) is 0 Å². The molecule has 0 bridgehead atoms. The van der Waals surface area contributed by atoms with Gasteiger partial charge < -0.3 is 20.3 Å². The van der Waals surface area contributed by atoms with Gasteiger partial charge in [0.25, 0.3) is 5.91 Å². The molecular formula is C23H26ClN5O3S. The van der Waals surface area contributed by atoms with Crippen LogP contribution in [-0.4, -0.2) is 56.8 Å². The lowest BCUT2D eigenvalue weighted by Gasteiger charge is -2.44. The van der Waals surface area contributed by atoms with Crippen molar-refractivity contribution in [3.05, 3.63) is 46.6 Å². The lowest BCUT2D eigenvalue weighted by molar-refractivity contribution is -0.156. The second-order valence-corrected chi connectivity index (χ2v) is 9.80. The number of ether oxygens (including phenoxy) is 1. The van der Waals surface area contributed by atoms with Crippen molar-refractivity contribution in [2.45, 2.75) is 45.3 Å². The second kappa shape index (κ2) is 9.93. The monoisotopic (exact) mass is 487 g/mol. The van der Waals surface area contributed by atoms with Crippen molar-refractivity contribution in [2.75, 3.05) is 18.9 Å². The Hall–Kier alpha value is -2.91. The van der Waals surface area contributed by atoms with Crippen LogP contribution >= 0.6 is 22.9 Å². The van der Waals surface area contributed by atoms with Crippen LogP contribution in [0.2, 0.25) is 4.34 Å². The Morgan fingerprint density at radius 3 is 2.85 bits per heavy atom. The first-order chi connectivity index (χ1) is 15.9. The van der Waals surface area contributed by atoms with E-state index in [0.717, 1.165) is 22.9 Å². The molecule has 2 unspecified atom stereocenters. The molecule has 0 saturated carbocycles. The number of carbonyl (C=O) groups is 2. The summed E-state index contributed by atoms with van der Waals surface area (Å²) in [6.45, 7) is 4.74. The van der Waals surface area contributed by atoms with E-state index in [-0.39, 0.29) is 24.5 Å². The number of nitrogens with two attached hydrogens (primary N) is 1. The average Bonchev–Trinajstić information content (AvgIpc) is 3.22. The highest BCUT2D eigenvalue weighted by molar-refractivity contribution is 7.17. The fourth-order valence-electron chi connectivity index (χ4n) is 4.12. The predicted octanol–water partition coefficient (Wildman–Crippen LogP) is 3.73. The summed E-state index contributed by atoms with van der Waals surface area (Å²) in [7, 11) is 0. The Bertz CT molecular complexity index is 1170. The number of carbonyl (C=O) groups excluding carboxylic acids is 2. The molecule has 3 aromatic rings. The van der Waals surface area contributed by atoms with Crippen molar-refractivity contribution in [3.8, 4) is 5.06 Å². The topological polar surface area (TPSA) is 102 Å². The highest BCUT2D eigenvalue weighted by Gasteiger charge is 2.40. The third-order valence-corrected chi connectivity index (χ3v) is 6.93. The number of nitrogens with zero attached hydrogens (tertiary/aromatic N) is 4. The molecule has 0 aliphatic carbocycles. The van der Waals surface area contributed by atoms with Crippen molar-refractivity contribution >= 4 is 51.5 Å². The minimum Gasteiger partial charge on any atom is -0.474 e. The zero-order valence-corrected chi connectivity index (χ0v) is 20.1. The molecule has 2 amide bonds. The standard InChI is InChI=1S/C23H26ClN5O3S/c1-3-4-18-23(31)28(11-15-5-6-16-17(9-15)26-13-27-22(16)25)14(2)10-29(18)20(30)12-32-21-8-7-19(24)33-21/h5-9,13-14,18H,3-4,10-12H2,1-2H3,(H2,25,26,27). The van der Waals surface area contributed by atoms with E-state index in [1.54, 1.807) is 17.0 Å². The first-order valence-electron chi connectivity index (χ1n) is 10.8. The number of amides is 2. The van der Waals surface area contributed by atoms with Crippen LogP contribution in [0.4, 0.5) is 5.82 Å². The zero-order chi connectivity index (χ0) is 23.5. The van der Waals surface area contributed by atoms with E-state index in [2.05, 4.69) is 9.97 Å². The van der Waals surface area contributed by atoms with Crippen molar-refractivity contribution in [3.63, 3.8) is 0 Å². The summed E-state index contributed by atoms with van der Waals surface area (Å²) in [4.78, 5) is 38.3. The summed E-state index contributed by atoms with van der Waals surface area (Å²) in [6.07, 6.45) is 2.82. The maximum Gasteiger partial charge on any atom is 0.261 e. The van der Waals surface area contributed by atoms with Crippen LogP contribution in [0.25, 0.3) is 10.9 Å². The number of thiophene rings is 1. The lowest BCUT2D eigenvalue weighted by atomic mass is 10.0. The maximum atomic E-state index is 13.5. The molecule has 1 aromatic carbocycles. The average molecular weight is 488 g/mol. The fourth-order valence-corrected chi connectivity index (χ4v) is 5.00. The van der Waals surface area contributed by atoms with Crippen molar-refractivity contribution in [1.29, 1.82) is 0 Å². The van der Waals surface area contributed by atoms with Crippen LogP contribution in [0.1, 0.15) is 32.3 Å². The summed E-state index contributed by atoms with van der Waals surface area (Å²) in [5.74, 6) is 0.180. The van der Waals surface area contributed by atoms with Gasteiger partial charge in [0.15, 0.2) is 11.7 Å². The van der Waals surface area contributed by atoms with E-state index in [0.29, 0.717) is 34.7 Å². The third kappa shape index (κ3) is 5.04. The number of hydrogen-bond acceptors (Lipinski definition) is 7. The number of fused-ring (bicyclic) bond motifs is 1. The largest absolute Gasteiger partial charge is 0.474 e. The summed E-state index contributed by atoms with van der Waals surface area (Å²) >= 11 is 7.20. The number of hydrogen-bond donors (Lipinski definition) is 1. The van der Waals surface area contributed by atoms with Crippen LogP contribution in [0.3, 0.4) is 0 Å². The smallest absolute Gasteiger partial charge is 0.261 e. The Kier molecular flexibility index (Phi) is 6.99. The van der Waals surface area contributed by atoms with Crippen LogP contribution in [0, 0.1) is 0 Å². The summed E-state index contributed by atoms with van der Waals surface area (Å²) in [5.41, 5.74) is 7.62. The molecule has 2 aromatic heterocycles. The number of benzene rings is 1. The molecule has 174 valence electrons. The molecule has 1 fully saturated rings. The molecular weight excluding hydrogens is 462 g/mol. The molecule has 0 radical (unpaired) electrons. The highest BCUT2D eigenvalue weighted by atomic mass is 35.5. The Morgan fingerprint density at radius 2 is 2.12 bits per heavy atom. The molecule has 10 heteroatoms. The van der Waals surface area contributed by atoms with Gasteiger partial charge in [-0.25, -0.2) is 9.97 Å². The minimum absolute atomic E-state index is 0.0505. The van der Waals surface area contributed by atoms with Crippen LogP contribution in [0.5, 0.6) is 5.06 Å². The van der Waals surface area contributed by atoms with Crippen LogP contribution in [0.15, 0.2) is 36.7 Å². The molecule has 2 N–H and O–H groups in total. The number of anilines is 1. The first-order valence-corrected chi connectivity index (χ1v) is 12.0. The normalized spacial score (nSPS) is 18.7. The first kappa shape index (κ1) is 23.3. The lowest BCUT2D eigenvalue weighted by Crippen LogP contribution is -2.62. The SMILES string of the molecule is CCCC1C(=O)N(Cc2ccc3c(N)ncnc3c2)C(C)CN1C(=O)COc1ccc(Cl)s1. The second-order valence-electron chi connectivity index (χ2n) is 8.12. The summed E-state index contributed by atoms with van der Waals surface area (Å²) < 4.78 is 6.21. The van der Waals surface area contributed by atoms with Gasteiger partial charge in [-0.05, 0) is 43.2 Å². The number of aromatic nitrogens is 2. The number of rotatable bonds is 7. The third-order valence-electron chi connectivity index (χ3n) is 5.79. The van der Waals surface area contributed by atoms with Gasteiger partial charge in [-0.2, -0.15) is 0 Å². The van der Waals surface area contributed by atoms with Gasteiger partial charge in [-0.1, -0.05) is 42.3 Å². The van der Waals surface area contributed by atoms with Crippen LogP contribution < -0.4 is 10.5 Å². The van der Waals surface area contributed by atoms with E-state index in [9.17, 15) is 9.59 Å². The molecule has 4 rings (SSSR count). The van der Waals surface area contributed by atoms with Crippen LogP contribution in [-0.2, 0) is 16.1 Å². The molecule has 0 spiro atoms. The van der Waals surface area contributed by atoms with Gasteiger partial charge in [0.05, 0.1) is 9.85 Å². The van der Waals surface area contributed by atoms with Crippen molar-refractivity contribution < 1.29 is 14.3 Å². The van der Waals surface area contributed by atoms with E-state index in [1.807, 2.05) is 36.9 Å². The van der Waals surface area contributed by atoms with E-state index in [1.165, 1.54) is 17.7 Å². The van der Waals surface area contributed by atoms with Crippen molar-refractivity contribution in [1.82, 2.24) is 19.8 Å². The minimum atomic E-state index is -0.507. The Labute approximate surface area is 201 Å². The molecule has 1 aliphatic heterocycles. The van der Waals surface area contributed by atoms with E-state index < -0.39 is 6.04 Å². The summed E-state index contributed by atoms with van der Waals surface area (Å²) in [6, 6.07) is 8.56. The van der Waals surface area contributed by atoms with Gasteiger partial charge >= 0.3 is 0 Å². The maximum absolute atomic E-state index is 13.5. The molecule has 1 saturated heterocycles. The number of halogens is 1. The molecule has 2 atom stereocenters. The van der Waals surface area contributed by atoms with E-state index >= 15 is 0 Å². The quantitative estimate of drug-likeness (QED) is 0.544. The van der Waals surface area contributed by atoms with Gasteiger partial charge in [0, 0.05) is 24.5 Å². The van der Waals surface area contributed by atoms with E-state index in [4.69, 9.17) is 22.1 Å². The Balaban J connectivity index is 1.49. The molecule has 33 heavy (non-hydrogen) atoms. The van der Waals surface area contributed by atoms with Crippen molar-refractivity contribution in [2.24, 2.45) is 0 Å². The predicted molar refractivity (Wildman–Crippen MR) is 129 cm³/mol. The van der Waals surface area contributed by atoms with Gasteiger partial charge in [-0.3, -0.25) is 9.59 Å². The van der Waals surface area contributed by atoms with Gasteiger partial charge in [0.2, 0.25) is 5.91 Å². The number of piperazine rings is 1. The van der Waals surface area contributed by atoms with Gasteiger partial charge in [0.1, 0.15) is 18.2 Å². The number of nitrogen functional groups attached to an aromatic ring is 1. The Morgan fingerprint density at radius 1 is 1.30 bits per heavy atom. The zero-order valence-electron chi connectivity index (χ0n) is 18.5. The highest BCUT2D eigenvalue weighted by Crippen LogP contribution is 2.29. The summed E-state index contributed by atoms with van der Waals surface area (Å²) in [5, 5.41) is 1.37. The fraction of sp³-hybridized carbons (Fsp3) is 0.391. The molecule has 3 heterocycles. The molecule has 1 aliphatic rings.